The molecule has 0 aromatic heterocycles. The van der Waals surface area contributed by atoms with E-state index < -0.39 is 16.9 Å². The Morgan fingerprint density at radius 1 is 1.18 bits per heavy atom. The highest BCUT2D eigenvalue weighted by Crippen LogP contribution is 2.14. The molecule has 2 N–H and O–H groups in total. The molecular formula is C17H27NO3S. The minimum Gasteiger partial charge on any atom is -0.391 e. The standard InChI is InChI=1S/C17H27NO3S/c1-5-13(6-2)16(19)11-18-17(20)14-7-9-15(10-8-14)22(21)12(3)4/h7-10,12-13,16,19H,5-6,11H2,1-4H3,(H,18,20). The lowest BCUT2D eigenvalue weighted by Gasteiger charge is -2.20. The van der Waals surface area contributed by atoms with Crippen molar-refractivity contribution in [3.8, 4) is 0 Å². The minimum atomic E-state index is -1.05. The van der Waals surface area contributed by atoms with E-state index >= 15 is 0 Å². The summed E-state index contributed by atoms with van der Waals surface area (Å²) in [5, 5.41) is 12.8. The number of hydrogen-bond donors (Lipinski definition) is 2. The summed E-state index contributed by atoms with van der Waals surface area (Å²) in [7, 11) is -1.05. The van der Waals surface area contributed by atoms with Crippen LogP contribution in [0.2, 0.25) is 0 Å². The second-order valence-electron chi connectivity index (χ2n) is 5.72. The van der Waals surface area contributed by atoms with Crippen molar-refractivity contribution in [1.82, 2.24) is 5.32 Å². The molecule has 0 radical (unpaired) electrons. The Labute approximate surface area is 135 Å². The van der Waals surface area contributed by atoms with Crippen LogP contribution in [0.4, 0.5) is 0 Å². The van der Waals surface area contributed by atoms with Crippen LogP contribution < -0.4 is 5.32 Å². The number of nitrogens with one attached hydrogen (secondary N) is 1. The van der Waals surface area contributed by atoms with Crippen LogP contribution in [0.3, 0.4) is 0 Å². The fourth-order valence-electron chi connectivity index (χ4n) is 2.31. The van der Waals surface area contributed by atoms with Gasteiger partial charge in [0, 0.05) is 22.3 Å². The van der Waals surface area contributed by atoms with E-state index in [1.807, 2.05) is 27.7 Å². The summed E-state index contributed by atoms with van der Waals surface area (Å²) in [6, 6.07) is 6.80. The van der Waals surface area contributed by atoms with Crippen LogP contribution in [0.1, 0.15) is 50.9 Å². The third-order valence-corrected chi connectivity index (χ3v) is 5.43. The number of carbonyl (C=O) groups excluding carboxylic acids is 1. The first-order valence-corrected chi connectivity index (χ1v) is 9.08. The monoisotopic (exact) mass is 325 g/mol. The second kappa shape index (κ2) is 9.06. The quantitative estimate of drug-likeness (QED) is 0.772. The van der Waals surface area contributed by atoms with Crippen LogP contribution in [-0.4, -0.2) is 33.1 Å². The van der Waals surface area contributed by atoms with E-state index in [0.29, 0.717) is 5.56 Å². The van der Waals surface area contributed by atoms with Crippen LogP contribution in [0.15, 0.2) is 29.2 Å². The van der Waals surface area contributed by atoms with E-state index in [1.165, 1.54) is 0 Å². The Morgan fingerprint density at radius 2 is 1.73 bits per heavy atom. The van der Waals surface area contributed by atoms with Gasteiger partial charge in [-0.05, 0) is 30.2 Å². The molecule has 0 saturated heterocycles. The predicted molar refractivity (Wildman–Crippen MR) is 90.4 cm³/mol. The molecule has 1 rings (SSSR count). The van der Waals surface area contributed by atoms with E-state index in [9.17, 15) is 14.1 Å². The second-order valence-corrected chi connectivity index (χ2v) is 7.73. The minimum absolute atomic E-state index is 0.0508. The molecule has 1 amide bonds. The van der Waals surface area contributed by atoms with Crippen molar-refractivity contribution in [1.29, 1.82) is 0 Å². The SMILES string of the molecule is CCC(CC)C(O)CNC(=O)c1ccc(S(=O)C(C)C)cc1. The van der Waals surface area contributed by atoms with E-state index in [2.05, 4.69) is 5.32 Å². The number of aliphatic hydroxyl groups is 1. The van der Waals surface area contributed by atoms with Gasteiger partial charge in [0.25, 0.3) is 5.91 Å². The molecular weight excluding hydrogens is 298 g/mol. The predicted octanol–water partition coefficient (Wildman–Crippen LogP) is 2.73. The smallest absolute Gasteiger partial charge is 0.251 e. The van der Waals surface area contributed by atoms with Crippen molar-refractivity contribution < 1.29 is 14.1 Å². The maximum absolute atomic E-state index is 12.1. The zero-order valence-corrected chi connectivity index (χ0v) is 14.7. The fraction of sp³-hybridized carbons (Fsp3) is 0.588. The average molecular weight is 325 g/mol. The first kappa shape index (κ1) is 18.8. The Hall–Kier alpha value is -1.20. The molecule has 4 nitrogen and oxygen atoms in total. The lowest BCUT2D eigenvalue weighted by Crippen LogP contribution is -2.36. The summed E-state index contributed by atoms with van der Waals surface area (Å²) >= 11 is 0. The van der Waals surface area contributed by atoms with Gasteiger partial charge in [-0.3, -0.25) is 9.00 Å². The molecule has 0 aliphatic carbocycles. The molecule has 0 fully saturated rings. The van der Waals surface area contributed by atoms with Crippen LogP contribution in [-0.2, 0) is 10.8 Å². The van der Waals surface area contributed by atoms with Crippen LogP contribution >= 0.6 is 0 Å². The zero-order chi connectivity index (χ0) is 16.7. The lowest BCUT2D eigenvalue weighted by molar-refractivity contribution is 0.0816. The number of aliphatic hydroxyl groups excluding tert-OH is 1. The van der Waals surface area contributed by atoms with E-state index in [4.69, 9.17) is 0 Å². The van der Waals surface area contributed by atoms with Crippen molar-refractivity contribution in [2.45, 2.75) is 56.8 Å². The van der Waals surface area contributed by atoms with Crippen molar-refractivity contribution in [2.75, 3.05) is 6.54 Å². The van der Waals surface area contributed by atoms with Gasteiger partial charge in [-0.1, -0.05) is 40.5 Å². The van der Waals surface area contributed by atoms with E-state index in [1.54, 1.807) is 24.3 Å². The molecule has 1 aromatic carbocycles. The van der Waals surface area contributed by atoms with Gasteiger partial charge >= 0.3 is 0 Å². The first-order chi connectivity index (χ1) is 10.4. The van der Waals surface area contributed by atoms with Crippen LogP contribution in [0, 0.1) is 5.92 Å². The van der Waals surface area contributed by atoms with Gasteiger partial charge in [0.15, 0.2) is 0 Å². The largest absolute Gasteiger partial charge is 0.391 e. The molecule has 0 aliphatic heterocycles. The highest BCUT2D eigenvalue weighted by Gasteiger charge is 2.17. The van der Waals surface area contributed by atoms with Gasteiger partial charge in [-0.15, -0.1) is 0 Å². The molecule has 5 heteroatoms. The summed E-state index contributed by atoms with van der Waals surface area (Å²) in [6.45, 7) is 8.12. The molecule has 0 bridgehead atoms. The lowest BCUT2D eigenvalue weighted by atomic mass is 9.96. The van der Waals surface area contributed by atoms with Crippen molar-refractivity contribution in [3.63, 3.8) is 0 Å². The number of hydrogen-bond acceptors (Lipinski definition) is 3. The molecule has 124 valence electrons. The first-order valence-electron chi connectivity index (χ1n) is 7.87. The van der Waals surface area contributed by atoms with Crippen molar-refractivity contribution in [2.24, 2.45) is 5.92 Å². The molecule has 1 aromatic rings. The summed E-state index contributed by atoms with van der Waals surface area (Å²) < 4.78 is 12.0. The van der Waals surface area contributed by atoms with E-state index in [0.717, 1.165) is 17.7 Å². The fourth-order valence-corrected chi connectivity index (χ4v) is 3.26. The number of amides is 1. The number of rotatable bonds is 8. The average Bonchev–Trinajstić information content (AvgIpc) is 2.53. The normalized spacial score (nSPS) is 14.1. The van der Waals surface area contributed by atoms with Crippen LogP contribution in [0.25, 0.3) is 0 Å². The number of carbonyl (C=O) groups is 1. The molecule has 0 spiro atoms. The maximum Gasteiger partial charge on any atom is 0.251 e. The van der Waals surface area contributed by atoms with Gasteiger partial charge < -0.3 is 10.4 Å². The topological polar surface area (TPSA) is 66.4 Å². The molecule has 0 saturated carbocycles. The Morgan fingerprint density at radius 3 is 2.18 bits per heavy atom. The number of benzene rings is 1. The summed E-state index contributed by atoms with van der Waals surface area (Å²) in [5.74, 6) is -0.0111. The Kier molecular flexibility index (Phi) is 7.76. The van der Waals surface area contributed by atoms with E-state index in [-0.39, 0.29) is 23.6 Å². The highest BCUT2D eigenvalue weighted by atomic mass is 32.2. The zero-order valence-electron chi connectivity index (χ0n) is 13.8. The van der Waals surface area contributed by atoms with Crippen molar-refractivity contribution in [3.05, 3.63) is 29.8 Å². The molecule has 2 atom stereocenters. The Balaban J connectivity index is 2.61. The van der Waals surface area contributed by atoms with Gasteiger partial charge in [0.05, 0.1) is 16.9 Å². The van der Waals surface area contributed by atoms with Crippen LogP contribution in [0.5, 0.6) is 0 Å². The van der Waals surface area contributed by atoms with Gasteiger partial charge in [0.1, 0.15) is 0 Å². The molecule has 22 heavy (non-hydrogen) atoms. The third kappa shape index (κ3) is 5.21. The van der Waals surface area contributed by atoms with Crippen molar-refractivity contribution >= 4 is 16.7 Å². The Bertz CT molecular complexity index is 495. The molecule has 0 heterocycles. The van der Waals surface area contributed by atoms with Gasteiger partial charge in [-0.25, -0.2) is 0 Å². The third-order valence-electron chi connectivity index (χ3n) is 3.84. The van der Waals surface area contributed by atoms with Gasteiger partial charge in [0.2, 0.25) is 0 Å². The summed E-state index contributed by atoms with van der Waals surface area (Å²) in [6.07, 6.45) is 1.26. The summed E-state index contributed by atoms with van der Waals surface area (Å²) in [4.78, 5) is 12.8. The summed E-state index contributed by atoms with van der Waals surface area (Å²) in [5.41, 5.74) is 0.515. The molecule has 0 aliphatic rings. The van der Waals surface area contributed by atoms with Gasteiger partial charge in [-0.2, -0.15) is 0 Å². The maximum atomic E-state index is 12.1. The molecule has 2 unspecified atom stereocenters. The highest BCUT2D eigenvalue weighted by molar-refractivity contribution is 7.85.